The summed E-state index contributed by atoms with van der Waals surface area (Å²) in [6.07, 6.45) is -0.670. The van der Waals surface area contributed by atoms with Gasteiger partial charge in [-0.05, 0) is 47.5 Å². The SMILES string of the molecule is C[C@H]1CC(=O)N(C(=O)OC(C)(C)C)[C@@H]1C(=O)OC(C)(C)C. The molecular formula is C15H25NO5. The monoisotopic (exact) mass is 299 g/mol. The lowest BCUT2D eigenvalue weighted by Crippen LogP contribution is -2.48. The molecule has 1 saturated heterocycles. The number of ether oxygens (including phenoxy) is 2. The van der Waals surface area contributed by atoms with Crippen molar-refractivity contribution < 1.29 is 23.9 Å². The summed E-state index contributed by atoms with van der Waals surface area (Å²) >= 11 is 0. The summed E-state index contributed by atoms with van der Waals surface area (Å²) in [6, 6.07) is -0.924. The van der Waals surface area contributed by atoms with E-state index in [0.29, 0.717) is 0 Å². The van der Waals surface area contributed by atoms with E-state index in [1.165, 1.54) is 0 Å². The summed E-state index contributed by atoms with van der Waals surface area (Å²) in [5.41, 5.74) is -1.41. The van der Waals surface area contributed by atoms with Crippen molar-refractivity contribution in [3.63, 3.8) is 0 Å². The van der Waals surface area contributed by atoms with Crippen LogP contribution in [0, 0.1) is 5.92 Å². The number of esters is 1. The molecule has 2 atom stereocenters. The molecule has 6 heteroatoms. The van der Waals surface area contributed by atoms with E-state index in [1.54, 1.807) is 48.5 Å². The number of likely N-dealkylation sites (tertiary alicyclic amines) is 1. The predicted molar refractivity (Wildman–Crippen MR) is 76.5 cm³/mol. The van der Waals surface area contributed by atoms with E-state index in [1.807, 2.05) is 0 Å². The van der Waals surface area contributed by atoms with Gasteiger partial charge in [0.1, 0.15) is 17.2 Å². The van der Waals surface area contributed by atoms with Gasteiger partial charge < -0.3 is 9.47 Å². The molecule has 0 saturated carbocycles. The molecule has 0 radical (unpaired) electrons. The normalized spacial score (nSPS) is 23.2. The molecule has 0 N–H and O–H groups in total. The molecule has 120 valence electrons. The first-order valence-corrected chi connectivity index (χ1v) is 7.10. The molecule has 21 heavy (non-hydrogen) atoms. The number of nitrogens with zero attached hydrogens (tertiary/aromatic N) is 1. The van der Waals surface area contributed by atoms with Crippen LogP contribution in [0.5, 0.6) is 0 Å². The Kier molecular flexibility index (Phi) is 4.70. The average Bonchev–Trinajstić information content (AvgIpc) is 2.47. The fraction of sp³-hybridized carbons (Fsp3) is 0.800. The zero-order valence-corrected chi connectivity index (χ0v) is 13.9. The summed E-state index contributed by atoms with van der Waals surface area (Å²) in [5, 5.41) is 0. The Morgan fingerprint density at radius 3 is 1.95 bits per heavy atom. The number of imide groups is 1. The molecule has 2 amide bonds. The molecule has 1 aliphatic rings. The highest BCUT2D eigenvalue weighted by Gasteiger charge is 2.48. The lowest BCUT2D eigenvalue weighted by atomic mass is 10.0. The minimum Gasteiger partial charge on any atom is -0.458 e. The minimum atomic E-state index is -0.924. The highest BCUT2D eigenvalue weighted by molar-refractivity contribution is 6.00. The Morgan fingerprint density at radius 1 is 1.05 bits per heavy atom. The van der Waals surface area contributed by atoms with Crippen LogP contribution in [0.15, 0.2) is 0 Å². The van der Waals surface area contributed by atoms with E-state index in [4.69, 9.17) is 9.47 Å². The van der Waals surface area contributed by atoms with Gasteiger partial charge in [-0.15, -0.1) is 0 Å². The quantitative estimate of drug-likeness (QED) is 0.696. The largest absolute Gasteiger partial charge is 0.458 e. The average molecular weight is 299 g/mol. The van der Waals surface area contributed by atoms with Gasteiger partial charge in [0.15, 0.2) is 0 Å². The fourth-order valence-electron chi connectivity index (χ4n) is 2.12. The van der Waals surface area contributed by atoms with Gasteiger partial charge in [0.2, 0.25) is 5.91 Å². The molecular weight excluding hydrogens is 274 g/mol. The van der Waals surface area contributed by atoms with Crippen LogP contribution in [0.2, 0.25) is 0 Å². The van der Waals surface area contributed by atoms with Gasteiger partial charge in [0.25, 0.3) is 0 Å². The van der Waals surface area contributed by atoms with E-state index in [9.17, 15) is 14.4 Å². The number of amides is 2. The molecule has 0 bridgehead atoms. The van der Waals surface area contributed by atoms with Crippen molar-refractivity contribution in [2.24, 2.45) is 5.92 Å². The van der Waals surface area contributed by atoms with Crippen LogP contribution in [-0.4, -0.2) is 40.1 Å². The van der Waals surface area contributed by atoms with E-state index in [-0.39, 0.29) is 12.3 Å². The molecule has 6 nitrogen and oxygen atoms in total. The number of hydrogen-bond donors (Lipinski definition) is 0. The third-order valence-electron chi connectivity index (χ3n) is 2.82. The van der Waals surface area contributed by atoms with Crippen molar-refractivity contribution >= 4 is 18.0 Å². The number of carbonyl (C=O) groups excluding carboxylic acids is 3. The fourth-order valence-corrected chi connectivity index (χ4v) is 2.12. The zero-order valence-electron chi connectivity index (χ0n) is 13.9. The van der Waals surface area contributed by atoms with Crippen molar-refractivity contribution in [1.29, 1.82) is 0 Å². The van der Waals surface area contributed by atoms with E-state index >= 15 is 0 Å². The van der Waals surface area contributed by atoms with Gasteiger partial charge >= 0.3 is 12.1 Å². The van der Waals surface area contributed by atoms with Crippen LogP contribution in [-0.2, 0) is 19.1 Å². The molecule has 0 aliphatic carbocycles. The van der Waals surface area contributed by atoms with Gasteiger partial charge in [-0.2, -0.15) is 0 Å². The second-order valence-electron chi connectivity index (χ2n) is 7.40. The number of rotatable bonds is 1. The Labute approximate surface area is 125 Å². The molecule has 0 unspecified atom stereocenters. The summed E-state index contributed by atoms with van der Waals surface area (Å²) in [4.78, 5) is 37.3. The van der Waals surface area contributed by atoms with Crippen molar-refractivity contribution in [2.75, 3.05) is 0 Å². The first-order chi connectivity index (χ1) is 9.32. The van der Waals surface area contributed by atoms with Crippen LogP contribution in [0.4, 0.5) is 4.79 Å². The Hall–Kier alpha value is -1.59. The molecule has 1 heterocycles. The highest BCUT2D eigenvalue weighted by Crippen LogP contribution is 2.29. The zero-order chi connectivity index (χ0) is 16.6. The molecule has 0 spiro atoms. The maximum atomic E-state index is 12.3. The Morgan fingerprint density at radius 2 is 1.52 bits per heavy atom. The second-order valence-corrected chi connectivity index (χ2v) is 7.40. The van der Waals surface area contributed by atoms with Gasteiger partial charge in [-0.3, -0.25) is 4.79 Å². The van der Waals surface area contributed by atoms with Crippen LogP contribution >= 0.6 is 0 Å². The predicted octanol–water partition coefficient (Wildman–Crippen LogP) is 2.50. The molecule has 0 aromatic heterocycles. The second kappa shape index (κ2) is 5.66. The number of carbonyl (C=O) groups is 3. The first-order valence-electron chi connectivity index (χ1n) is 7.10. The molecule has 0 aromatic carbocycles. The van der Waals surface area contributed by atoms with Crippen LogP contribution < -0.4 is 0 Å². The molecule has 1 rings (SSSR count). The third kappa shape index (κ3) is 4.72. The van der Waals surface area contributed by atoms with Crippen LogP contribution in [0.3, 0.4) is 0 Å². The van der Waals surface area contributed by atoms with E-state index in [0.717, 1.165) is 4.90 Å². The van der Waals surface area contributed by atoms with E-state index in [2.05, 4.69) is 0 Å². The molecule has 1 aliphatic heterocycles. The third-order valence-corrected chi connectivity index (χ3v) is 2.82. The number of hydrogen-bond acceptors (Lipinski definition) is 5. The van der Waals surface area contributed by atoms with Gasteiger partial charge in [0, 0.05) is 6.42 Å². The molecule has 1 fully saturated rings. The molecule has 0 aromatic rings. The Balaban J connectivity index is 2.96. The first kappa shape index (κ1) is 17.5. The lowest BCUT2D eigenvalue weighted by Gasteiger charge is -2.29. The maximum absolute atomic E-state index is 12.3. The smallest absolute Gasteiger partial charge is 0.417 e. The van der Waals surface area contributed by atoms with Crippen LogP contribution in [0.25, 0.3) is 0 Å². The lowest BCUT2D eigenvalue weighted by molar-refractivity contribution is -0.162. The summed E-state index contributed by atoms with van der Waals surface area (Å²) in [5.74, 6) is -1.28. The minimum absolute atomic E-state index is 0.128. The van der Waals surface area contributed by atoms with Crippen molar-refractivity contribution in [1.82, 2.24) is 4.90 Å². The van der Waals surface area contributed by atoms with Gasteiger partial charge in [0.05, 0.1) is 0 Å². The maximum Gasteiger partial charge on any atom is 0.417 e. The summed E-state index contributed by atoms with van der Waals surface area (Å²) < 4.78 is 10.5. The van der Waals surface area contributed by atoms with Crippen LogP contribution in [0.1, 0.15) is 54.9 Å². The topological polar surface area (TPSA) is 72.9 Å². The van der Waals surface area contributed by atoms with Crippen molar-refractivity contribution in [3.8, 4) is 0 Å². The summed E-state index contributed by atoms with van der Waals surface area (Å²) in [6.45, 7) is 12.1. The van der Waals surface area contributed by atoms with Gasteiger partial charge in [-0.25, -0.2) is 14.5 Å². The standard InChI is InChI=1S/C15H25NO5/c1-9-8-10(17)16(13(19)21-15(5,6)7)11(9)12(18)20-14(2,3)4/h9,11H,8H2,1-7H3/t9-,11-/m0/s1. The van der Waals surface area contributed by atoms with E-state index < -0.39 is 35.2 Å². The Bertz CT molecular complexity index is 444. The van der Waals surface area contributed by atoms with Crippen molar-refractivity contribution in [3.05, 3.63) is 0 Å². The highest BCUT2D eigenvalue weighted by atomic mass is 16.6. The summed E-state index contributed by atoms with van der Waals surface area (Å²) in [7, 11) is 0. The van der Waals surface area contributed by atoms with Gasteiger partial charge in [-0.1, -0.05) is 6.92 Å². The van der Waals surface area contributed by atoms with Crippen molar-refractivity contribution in [2.45, 2.75) is 72.1 Å².